The molecule has 0 bridgehead atoms. The molecule has 8 nitrogen and oxygen atoms in total. The van der Waals surface area contributed by atoms with Crippen molar-refractivity contribution in [1.29, 1.82) is 0 Å². The number of carbonyl (C=O) groups is 1. The van der Waals surface area contributed by atoms with Gasteiger partial charge >= 0.3 is 0 Å². The summed E-state index contributed by atoms with van der Waals surface area (Å²) in [6, 6.07) is 7.36. The van der Waals surface area contributed by atoms with E-state index in [1.54, 1.807) is 23.3 Å². The molecule has 1 fully saturated rings. The molecule has 1 atom stereocenters. The van der Waals surface area contributed by atoms with Crippen LogP contribution < -0.4 is 5.32 Å². The lowest BCUT2D eigenvalue weighted by molar-refractivity contribution is -0.120. The SMILES string of the molecule is CCCS(=O)(=O)N1CCC[C@@H](C(=O)Nc2cccc(-n3cnnc3)c2)C1. The molecule has 2 heterocycles. The first-order valence-corrected chi connectivity index (χ1v) is 10.3. The van der Waals surface area contributed by atoms with Crippen molar-refractivity contribution in [2.75, 3.05) is 24.2 Å². The molecule has 0 unspecified atom stereocenters. The minimum absolute atomic E-state index is 0.127. The minimum atomic E-state index is -3.27. The summed E-state index contributed by atoms with van der Waals surface area (Å²) in [6.45, 7) is 2.59. The van der Waals surface area contributed by atoms with Gasteiger partial charge in [-0.2, -0.15) is 0 Å². The highest BCUT2D eigenvalue weighted by Crippen LogP contribution is 2.22. The molecule has 1 aliphatic rings. The monoisotopic (exact) mass is 377 g/mol. The van der Waals surface area contributed by atoms with Gasteiger partial charge in [-0.3, -0.25) is 9.36 Å². The third kappa shape index (κ3) is 4.28. The van der Waals surface area contributed by atoms with Gasteiger partial charge < -0.3 is 5.32 Å². The van der Waals surface area contributed by atoms with Crippen molar-refractivity contribution in [3.63, 3.8) is 0 Å². The van der Waals surface area contributed by atoms with Crippen LogP contribution >= 0.6 is 0 Å². The Labute approximate surface area is 153 Å². The van der Waals surface area contributed by atoms with Gasteiger partial charge in [0.2, 0.25) is 15.9 Å². The van der Waals surface area contributed by atoms with Crippen molar-refractivity contribution in [2.24, 2.45) is 5.92 Å². The maximum atomic E-state index is 12.6. The molecular formula is C17H23N5O3S. The lowest BCUT2D eigenvalue weighted by Gasteiger charge is -2.31. The zero-order valence-corrected chi connectivity index (χ0v) is 15.5. The Balaban J connectivity index is 1.67. The van der Waals surface area contributed by atoms with Gasteiger partial charge in [-0.15, -0.1) is 10.2 Å². The van der Waals surface area contributed by atoms with Crippen molar-refractivity contribution in [1.82, 2.24) is 19.1 Å². The highest BCUT2D eigenvalue weighted by atomic mass is 32.2. The number of hydrogen-bond donors (Lipinski definition) is 1. The molecule has 0 radical (unpaired) electrons. The summed E-state index contributed by atoms with van der Waals surface area (Å²) in [5.74, 6) is -0.362. The van der Waals surface area contributed by atoms with E-state index in [2.05, 4.69) is 15.5 Å². The molecule has 1 amide bonds. The third-order valence-electron chi connectivity index (χ3n) is 4.44. The zero-order valence-electron chi connectivity index (χ0n) is 14.7. The van der Waals surface area contributed by atoms with Gasteiger partial charge in [-0.05, 0) is 37.5 Å². The zero-order chi connectivity index (χ0) is 18.6. The largest absolute Gasteiger partial charge is 0.326 e. The van der Waals surface area contributed by atoms with Crippen molar-refractivity contribution < 1.29 is 13.2 Å². The number of anilines is 1. The summed E-state index contributed by atoms with van der Waals surface area (Å²) < 4.78 is 27.7. The number of nitrogens with one attached hydrogen (secondary N) is 1. The quantitative estimate of drug-likeness (QED) is 0.826. The summed E-state index contributed by atoms with van der Waals surface area (Å²) in [5.41, 5.74) is 1.50. The Hall–Kier alpha value is -2.26. The van der Waals surface area contributed by atoms with Crippen LogP contribution in [0.5, 0.6) is 0 Å². The van der Waals surface area contributed by atoms with Gasteiger partial charge in [0.05, 0.1) is 17.4 Å². The van der Waals surface area contributed by atoms with E-state index in [0.29, 0.717) is 31.5 Å². The van der Waals surface area contributed by atoms with E-state index in [9.17, 15) is 13.2 Å². The van der Waals surface area contributed by atoms with E-state index in [1.807, 2.05) is 25.1 Å². The number of benzene rings is 1. The average molecular weight is 377 g/mol. The Morgan fingerprint density at radius 2 is 2.08 bits per heavy atom. The van der Waals surface area contributed by atoms with Crippen LogP contribution in [0.15, 0.2) is 36.9 Å². The Bertz CT molecular complexity index is 851. The van der Waals surface area contributed by atoms with Crippen LogP contribution in [0, 0.1) is 5.92 Å². The summed E-state index contributed by atoms with van der Waals surface area (Å²) in [7, 11) is -3.27. The second-order valence-corrected chi connectivity index (χ2v) is 8.51. The molecule has 3 rings (SSSR count). The first-order chi connectivity index (χ1) is 12.5. The molecule has 26 heavy (non-hydrogen) atoms. The fourth-order valence-corrected chi connectivity index (χ4v) is 4.71. The maximum Gasteiger partial charge on any atom is 0.228 e. The van der Waals surface area contributed by atoms with Crippen LogP contribution in [-0.4, -0.2) is 52.2 Å². The van der Waals surface area contributed by atoms with Crippen molar-refractivity contribution in [2.45, 2.75) is 26.2 Å². The van der Waals surface area contributed by atoms with E-state index in [4.69, 9.17) is 0 Å². The Morgan fingerprint density at radius 1 is 1.31 bits per heavy atom. The molecule has 0 spiro atoms. The fourth-order valence-electron chi connectivity index (χ4n) is 3.12. The van der Waals surface area contributed by atoms with E-state index >= 15 is 0 Å². The van der Waals surface area contributed by atoms with E-state index in [-0.39, 0.29) is 24.1 Å². The second-order valence-electron chi connectivity index (χ2n) is 6.42. The van der Waals surface area contributed by atoms with Crippen molar-refractivity contribution in [3.05, 3.63) is 36.9 Å². The number of aromatic nitrogens is 3. The van der Waals surface area contributed by atoms with Crippen molar-refractivity contribution in [3.8, 4) is 5.69 Å². The number of piperidine rings is 1. The Kier molecular flexibility index (Phi) is 5.67. The molecule has 140 valence electrons. The third-order valence-corrected chi connectivity index (χ3v) is 6.48. The van der Waals surface area contributed by atoms with Crippen molar-refractivity contribution >= 4 is 21.6 Å². The van der Waals surface area contributed by atoms with Crippen LogP contribution in [-0.2, 0) is 14.8 Å². The first kappa shape index (κ1) is 18.5. The summed E-state index contributed by atoms with van der Waals surface area (Å²) in [6.07, 6.45) is 5.12. The molecular weight excluding hydrogens is 354 g/mol. The highest BCUT2D eigenvalue weighted by Gasteiger charge is 2.31. The van der Waals surface area contributed by atoms with Crippen LogP contribution in [0.4, 0.5) is 5.69 Å². The molecule has 2 aromatic rings. The molecule has 1 aromatic carbocycles. The van der Waals surface area contributed by atoms with E-state index in [0.717, 1.165) is 5.69 Å². The second kappa shape index (κ2) is 7.96. The molecule has 1 aliphatic heterocycles. The number of amides is 1. The number of sulfonamides is 1. The normalized spacial score (nSPS) is 18.6. The smallest absolute Gasteiger partial charge is 0.228 e. The number of nitrogens with zero attached hydrogens (tertiary/aromatic N) is 4. The topological polar surface area (TPSA) is 97.2 Å². The predicted molar refractivity (Wildman–Crippen MR) is 98.4 cm³/mol. The maximum absolute atomic E-state index is 12.6. The van der Waals surface area contributed by atoms with Gasteiger partial charge in [0.1, 0.15) is 12.7 Å². The summed E-state index contributed by atoms with van der Waals surface area (Å²) >= 11 is 0. The van der Waals surface area contributed by atoms with Crippen LogP contribution in [0.2, 0.25) is 0 Å². The van der Waals surface area contributed by atoms with E-state index < -0.39 is 10.0 Å². The van der Waals surface area contributed by atoms with Gasteiger partial charge in [0.25, 0.3) is 0 Å². The van der Waals surface area contributed by atoms with Crippen LogP contribution in [0.3, 0.4) is 0 Å². The lowest BCUT2D eigenvalue weighted by atomic mass is 9.98. The van der Waals surface area contributed by atoms with Gasteiger partial charge in [0, 0.05) is 18.8 Å². The number of carbonyl (C=O) groups excluding carboxylic acids is 1. The molecule has 0 aliphatic carbocycles. The van der Waals surface area contributed by atoms with Gasteiger partial charge in [-0.25, -0.2) is 12.7 Å². The molecule has 1 N–H and O–H groups in total. The molecule has 1 aromatic heterocycles. The number of hydrogen-bond acceptors (Lipinski definition) is 5. The average Bonchev–Trinajstić information content (AvgIpc) is 3.17. The first-order valence-electron chi connectivity index (χ1n) is 8.73. The standard InChI is InChI=1S/C17H23N5O3S/c1-2-9-26(24,25)22-8-4-5-14(11-22)17(23)20-15-6-3-7-16(10-15)21-12-18-19-13-21/h3,6-7,10,12-14H,2,4-5,8-9,11H2,1H3,(H,20,23)/t14-/m1/s1. The Morgan fingerprint density at radius 3 is 2.81 bits per heavy atom. The molecule has 0 saturated carbocycles. The van der Waals surface area contributed by atoms with Crippen LogP contribution in [0.1, 0.15) is 26.2 Å². The predicted octanol–water partition coefficient (Wildman–Crippen LogP) is 1.66. The summed E-state index contributed by atoms with van der Waals surface area (Å²) in [4.78, 5) is 12.6. The fraction of sp³-hybridized carbons (Fsp3) is 0.471. The minimum Gasteiger partial charge on any atom is -0.326 e. The van der Waals surface area contributed by atoms with Crippen LogP contribution in [0.25, 0.3) is 5.69 Å². The lowest BCUT2D eigenvalue weighted by Crippen LogP contribution is -2.44. The number of rotatable bonds is 6. The highest BCUT2D eigenvalue weighted by molar-refractivity contribution is 7.89. The summed E-state index contributed by atoms with van der Waals surface area (Å²) in [5, 5.41) is 10.4. The molecule has 9 heteroatoms. The molecule has 1 saturated heterocycles. The van der Waals surface area contributed by atoms with E-state index in [1.165, 1.54) is 4.31 Å². The van der Waals surface area contributed by atoms with Gasteiger partial charge in [-0.1, -0.05) is 13.0 Å². The van der Waals surface area contributed by atoms with Gasteiger partial charge in [0.15, 0.2) is 0 Å².